The first-order valence-corrected chi connectivity index (χ1v) is 10.5. The molecule has 1 saturated carbocycles. The summed E-state index contributed by atoms with van der Waals surface area (Å²) in [5.41, 5.74) is 1.82. The first kappa shape index (κ1) is 21.4. The van der Waals surface area contributed by atoms with Gasteiger partial charge in [-0.05, 0) is 69.2 Å². The SMILES string of the molecule is COc1ccc(C(=O)NC2CCC[C@H](Nc3nc(C(F)(F)F)nc4c3CCC4)C2)cc1. The lowest BCUT2D eigenvalue weighted by Gasteiger charge is -2.31. The summed E-state index contributed by atoms with van der Waals surface area (Å²) in [5, 5.41) is 6.28. The normalized spacial score (nSPS) is 20.8. The van der Waals surface area contributed by atoms with E-state index in [1.807, 2.05) is 0 Å². The summed E-state index contributed by atoms with van der Waals surface area (Å²) in [6, 6.07) is 6.75. The van der Waals surface area contributed by atoms with Gasteiger partial charge in [-0.15, -0.1) is 0 Å². The number of hydrogen-bond donors (Lipinski definition) is 2. The molecule has 1 unspecified atom stereocenters. The van der Waals surface area contributed by atoms with Crippen LogP contribution in [0.3, 0.4) is 0 Å². The fourth-order valence-electron chi connectivity index (χ4n) is 4.34. The fourth-order valence-corrected chi connectivity index (χ4v) is 4.34. The van der Waals surface area contributed by atoms with Crippen LogP contribution >= 0.6 is 0 Å². The van der Waals surface area contributed by atoms with Crippen LogP contribution in [-0.4, -0.2) is 35.1 Å². The molecule has 0 aliphatic heterocycles. The van der Waals surface area contributed by atoms with Crippen molar-refractivity contribution in [3.63, 3.8) is 0 Å². The van der Waals surface area contributed by atoms with E-state index in [9.17, 15) is 18.0 Å². The molecule has 2 aromatic rings. The number of nitrogens with one attached hydrogen (secondary N) is 2. The van der Waals surface area contributed by atoms with Gasteiger partial charge in [0.05, 0.1) is 7.11 Å². The van der Waals surface area contributed by atoms with Gasteiger partial charge in [-0.3, -0.25) is 4.79 Å². The van der Waals surface area contributed by atoms with Gasteiger partial charge in [-0.1, -0.05) is 0 Å². The van der Waals surface area contributed by atoms with Crippen LogP contribution in [0.5, 0.6) is 5.75 Å². The minimum Gasteiger partial charge on any atom is -0.497 e. The van der Waals surface area contributed by atoms with E-state index in [2.05, 4.69) is 20.6 Å². The maximum absolute atomic E-state index is 13.2. The number of fused-ring (bicyclic) bond motifs is 1. The monoisotopic (exact) mass is 434 g/mol. The second-order valence-electron chi connectivity index (χ2n) is 8.08. The number of carbonyl (C=O) groups excluding carboxylic acids is 1. The van der Waals surface area contributed by atoms with E-state index in [1.54, 1.807) is 31.4 Å². The van der Waals surface area contributed by atoms with Gasteiger partial charge in [0.1, 0.15) is 11.6 Å². The maximum Gasteiger partial charge on any atom is 0.451 e. The van der Waals surface area contributed by atoms with Gasteiger partial charge in [0.15, 0.2) is 0 Å². The van der Waals surface area contributed by atoms with Crippen LogP contribution in [0.1, 0.15) is 59.5 Å². The molecule has 0 bridgehead atoms. The quantitative estimate of drug-likeness (QED) is 0.740. The van der Waals surface area contributed by atoms with Crippen molar-refractivity contribution in [3.05, 3.63) is 46.9 Å². The molecular weight excluding hydrogens is 409 g/mol. The maximum atomic E-state index is 13.2. The number of hydrogen-bond acceptors (Lipinski definition) is 5. The predicted molar refractivity (Wildman–Crippen MR) is 109 cm³/mol. The lowest BCUT2D eigenvalue weighted by molar-refractivity contribution is -0.145. The number of alkyl halides is 3. The molecule has 1 heterocycles. The van der Waals surface area contributed by atoms with E-state index in [4.69, 9.17) is 4.74 Å². The fraction of sp³-hybridized carbons (Fsp3) is 0.500. The number of rotatable bonds is 5. The Bertz CT molecular complexity index is 947. The second-order valence-corrected chi connectivity index (χ2v) is 8.08. The summed E-state index contributed by atoms with van der Waals surface area (Å²) in [6.07, 6.45) is 0.569. The van der Waals surface area contributed by atoms with Crippen LogP contribution in [0.2, 0.25) is 0 Å². The molecule has 0 radical (unpaired) electrons. The van der Waals surface area contributed by atoms with Gasteiger partial charge in [-0.25, -0.2) is 9.97 Å². The van der Waals surface area contributed by atoms with E-state index in [0.29, 0.717) is 42.1 Å². The number of ether oxygens (including phenoxy) is 1. The molecule has 0 saturated heterocycles. The molecule has 31 heavy (non-hydrogen) atoms. The van der Waals surface area contributed by atoms with Crippen molar-refractivity contribution in [2.24, 2.45) is 0 Å². The zero-order chi connectivity index (χ0) is 22.0. The molecule has 4 rings (SSSR count). The Morgan fingerprint density at radius 1 is 1.06 bits per heavy atom. The van der Waals surface area contributed by atoms with Gasteiger partial charge in [-0.2, -0.15) is 13.2 Å². The Hall–Kier alpha value is -2.84. The van der Waals surface area contributed by atoms with E-state index < -0.39 is 12.0 Å². The molecule has 1 aromatic heterocycles. The summed E-state index contributed by atoms with van der Waals surface area (Å²) >= 11 is 0. The third-order valence-electron chi connectivity index (χ3n) is 5.89. The van der Waals surface area contributed by atoms with E-state index in [-0.39, 0.29) is 18.0 Å². The third kappa shape index (κ3) is 4.91. The summed E-state index contributed by atoms with van der Waals surface area (Å²) in [6.45, 7) is 0. The van der Waals surface area contributed by atoms with Crippen LogP contribution in [0.15, 0.2) is 24.3 Å². The zero-order valence-electron chi connectivity index (χ0n) is 17.3. The molecule has 1 amide bonds. The van der Waals surface area contributed by atoms with Gasteiger partial charge in [0.2, 0.25) is 5.82 Å². The van der Waals surface area contributed by atoms with E-state index >= 15 is 0 Å². The van der Waals surface area contributed by atoms with Crippen LogP contribution < -0.4 is 15.4 Å². The zero-order valence-corrected chi connectivity index (χ0v) is 17.3. The van der Waals surface area contributed by atoms with Crippen molar-refractivity contribution < 1.29 is 22.7 Å². The third-order valence-corrected chi connectivity index (χ3v) is 5.89. The average molecular weight is 434 g/mol. The van der Waals surface area contributed by atoms with Gasteiger partial charge in [0.25, 0.3) is 5.91 Å². The molecule has 1 fully saturated rings. The van der Waals surface area contributed by atoms with Crippen molar-refractivity contribution in [2.45, 2.75) is 63.2 Å². The smallest absolute Gasteiger partial charge is 0.451 e. The Morgan fingerprint density at radius 3 is 2.52 bits per heavy atom. The molecule has 9 heteroatoms. The minimum absolute atomic E-state index is 0.0576. The summed E-state index contributed by atoms with van der Waals surface area (Å²) in [7, 11) is 1.56. The lowest BCUT2D eigenvalue weighted by Crippen LogP contribution is -2.42. The molecule has 2 N–H and O–H groups in total. The number of aryl methyl sites for hydroxylation is 1. The number of aromatic nitrogens is 2. The predicted octanol–water partition coefficient (Wildman–Crippen LogP) is 4.15. The number of anilines is 1. The number of halogens is 3. The number of carbonyl (C=O) groups is 1. The Labute approximate surface area is 178 Å². The van der Waals surface area contributed by atoms with E-state index in [1.165, 1.54) is 0 Å². The second kappa shape index (κ2) is 8.72. The number of amides is 1. The van der Waals surface area contributed by atoms with Crippen molar-refractivity contribution in [3.8, 4) is 5.75 Å². The topological polar surface area (TPSA) is 76.1 Å². The summed E-state index contributed by atoms with van der Waals surface area (Å²) in [4.78, 5) is 20.1. The first-order chi connectivity index (χ1) is 14.8. The van der Waals surface area contributed by atoms with Crippen molar-refractivity contribution in [1.82, 2.24) is 15.3 Å². The Morgan fingerprint density at radius 2 is 1.81 bits per heavy atom. The number of nitrogens with zero attached hydrogens (tertiary/aromatic N) is 2. The largest absolute Gasteiger partial charge is 0.497 e. The summed E-state index contributed by atoms with van der Waals surface area (Å²) < 4.78 is 44.8. The molecule has 2 aliphatic rings. The highest BCUT2D eigenvalue weighted by atomic mass is 19.4. The van der Waals surface area contributed by atoms with E-state index in [0.717, 1.165) is 31.2 Å². The van der Waals surface area contributed by atoms with Gasteiger partial charge >= 0.3 is 6.18 Å². The standard InChI is InChI=1S/C22H25F3N4O2/c1-31-16-10-8-13(9-11-16)20(30)27-15-5-2-4-14(12-15)26-19-17-6-3-7-18(17)28-21(29-19)22(23,24)25/h8-11,14-15H,2-7,12H2,1H3,(H,27,30)(H,26,28,29)/t14-,15?/m0/s1. The molecule has 2 aliphatic carbocycles. The Kier molecular flexibility index (Phi) is 6.02. The van der Waals surface area contributed by atoms with Crippen molar-refractivity contribution >= 4 is 11.7 Å². The van der Waals surface area contributed by atoms with Crippen LogP contribution in [0, 0.1) is 0 Å². The Balaban J connectivity index is 1.43. The van der Waals surface area contributed by atoms with Crippen LogP contribution in [0.25, 0.3) is 0 Å². The van der Waals surface area contributed by atoms with Crippen molar-refractivity contribution in [2.75, 3.05) is 12.4 Å². The van der Waals surface area contributed by atoms with Crippen LogP contribution in [-0.2, 0) is 19.0 Å². The van der Waals surface area contributed by atoms with Crippen molar-refractivity contribution in [1.29, 1.82) is 0 Å². The minimum atomic E-state index is -4.57. The first-order valence-electron chi connectivity index (χ1n) is 10.5. The van der Waals surface area contributed by atoms with Crippen LogP contribution in [0.4, 0.5) is 19.0 Å². The highest BCUT2D eigenvalue weighted by Crippen LogP contribution is 2.34. The molecule has 1 aromatic carbocycles. The lowest BCUT2D eigenvalue weighted by atomic mass is 9.90. The molecule has 2 atom stereocenters. The highest BCUT2D eigenvalue weighted by molar-refractivity contribution is 5.94. The highest BCUT2D eigenvalue weighted by Gasteiger charge is 2.37. The van der Waals surface area contributed by atoms with Gasteiger partial charge < -0.3 is 15.4 Å². The van der Waals surface area contributed by atoms with Gasteiger partial charge in [0, 0.05) is 28.9 Å². The number of benzene rings is 1. The molecule has 6 nitrogen and oxygen atoms in total. The molecular formula is C22H25F3N4O2. The average Bonchev–Trinajstić information content (AvgIpc) is 3.22. The number of methoxy groups -OCH3 is 1. The summed E-state index contributed by atoms with van der Waals surface area (Å²) in [5.74, 6) is -0.289. The molecule has 166 valence electrons. The molecule has 0 spiro atoms.